The second-order valence-electron chi connectivity index (χ2n) is 3.91. The van der Waals surface area contributed by atoms with Crippen LogP contribution < -0.4 is 5.32 Å². The summed E-state index contributed by atoms with van der Waals surface area (Å²) >= 11 is 0. The molecule has 80 valence electrons. The number of pyridine rings is 1. The van der Waals surface area contributed by atoms with Gasteiger partial charge >= 0.3 is 0 Å². The van der Waals surface area contributed by atoms with Crippen molar-refractivity contribution < 1.29 is 4.79 Å². The minimum atomic E-state index is 0.110. The van der Waals surface area contributed by atoms with Crippen LogP contribution >= 0.6 is 0 Å². The van der Waals surface area contributed by atoms with Crippen molar-refractivity contribution in [2.45, 2.75) is 38.6 Å². The molecule has 0 bridgehead atoms. The van der Waals surface area contributed by atoms with Gasteiger partial charge in [0.15, 0.2) is 0 Å². The first-order valence-corrected chi connectivity index (χ1v) is 5.54. The zero-order valence-electron chi connectivity index (χ0n) is 8.99. The highest BCUT2D eigenvalue weighted by Gasteiger charge is 2.21. The maximum Gasteiger partial charge on any atom is 0.220 e. The van der Waals surface area contributed by atoms with Gasteiger partial charge in [-0.1, -0.05) is 13.0 Å². The molecule has 0 aliphatic heterocycles. The Morgan fingerprint density at radius 2 is 2.53 bits per heavy atom. The van der Waals surface area contributed by atoms with Gasteiger partial charge in [0.2, 0.25) is 5.91 Å². The number of rotatable bonds is 2. The number of nitrogens with zero attached hydrogens (tertiary/aromatic N) is 1. The Hall–Kier alpha value is -1.38. The maximum absolute atomic E-state index is 11.4. The molecular formula is C12H16N2O. The van der Waals surface area contributed by atoms with E-state index in [2.05, 4.69) is 16.4 Å². The number of aromatic nitrogens is 1. The summed E-state index contributed by atoms with van der Waals surface area (Å²) < 4.78 is 0. The SMILES string of the molecule is CCC(=O)N[C@@H]1CCCc2cccnc21. The first-order valence-electron chi connectivity index (χ1n) is 5.54. The molecule has 2 rings (SSSR count). The molecule has 0 saturated carbocycles. The van der Waals surface area contributed by atoms with Gasteiger partial charge in [-0.05, 0) is 30.9 Å². The summed E-state index contributed by atoms with van der Waals surface area (Å²) in [4.78, 5) is 15.7. The summed E-state index contributed by atoms with van der Waals surface area (Å²) in [6.45, 7) is 1.87. The lowest BCUT2D eigenvalue weighted by Gasteiger charge is -2.24. The van der Waals surface area contributed by atoms with Gasteiger partial charge in [-0.15, -0.1) is 0 Å². The van der Waals surface area contributed by atoms with Gasteiger partial charge in [-0.2, -0.15) is 0 Å². The third-order valence-electron chi connectivity index (χ3n) is 2.85. The van der Waals surface area contributed by atoms with Crippen molar-refractivity contribution in [3.8, 4) is 0 Å². The quantitative estimate of drug-likeness (QED) is 0.800. The highest BCUT2D eigenvalue weighted by Crippen LogP contribution is 2.27. The van der Waals surface area contributed by atoms with Gasteiger partial charge in [-0.3, -0.25) is 9.78 Å². The Morgan fingerprint density at radius 3 is 3.33 bits per heavy atom. The van der Waals surface area contributed by atoms with Crippen molar-refractivity contribution in [1.82, 2.24) is 10.3 Å². The molecule has 0 saturated heterocycles. The fourth-order valence-electron chi connectivity index (χ4n) is 2.05. The van der Waals surface area contributed by atoms with Crippen LogP contribution in [0, 0.1) is 0 Å². The molecular weight excluding hydrogens is 188 g/mol. The van der Waals surface area contributed by atoms with Crippen LogP contribution in [-0.4, -0.2) is 10.9 Å². The molecule has 0 fully saturated rings. The van der Waals surface area contributed by atoms with Crippen molar-refractivity contribution in [2.24, 2.45) is 0 Å². The van der Waals surface area contributed by atoms with E-state index in [4.69, 9.17) is 0 Å². The van der Waals surface area contributed by atoms with Gasteiger partial charge < -0.3 is 5.32 Å². The van der Waals surface area contributed by atoms with E-state index < -0.39 is 0 Å². The largest absolute Gasteiger partial charge is 0.348 e. The van der Waals surface area contributed by atoms with Crippen LogP contribution in [-0.2, 0) is 11.2 Å². The van der Waals surface area contributed by atoms with Crippen LogP contribution in [0.5, 0.6) is 0 Å². The molecule has 1 aromatic heterocycles. The molecule has 1 aromatic rings. The fourth-order valence-corrected chi connectivity index (χ4v) is 2.05. The number of nitrogens with one attached hydrogen (secondary N) is 1. The molecule has 1 aliphatic rings. The van der Waals surface area contributed by atoms with Crippen molar-refractivity contribution in [3.05, 3.63) is 29.6 Å². The van der Waals surface area contributed by atoms with Crippen LogP contribution in [0.1, 0.15) is 43.5 Å². The normalized spacial score (nSPS) is 19.4. The van der Waals surface area contributed by atoms with Gasteiger partial charge in [0, 0.05) is 12.6 Å². The Balaban J connectivity index is 2.18. The number of amides is 1. The van der Waals surface area contributed by atoms with E-state index in [1.165, 1.54) is 5.56 Å². The Kier molecular flexibility index (Phi) is 2.99. The Labute approximate surface area is 89.9 Å². The number of fused-ring (bicyclic) bond motifs is 1. The standard InChI is InChI=1S/C12H16N2O/c1-2-11(15)14-10-7-3-5-9-6-4-8-13-12(9)10/h4,6,8,10H,2-3,5,7H2,1H3,(H,14,15)/t10-/m1/s1. The average Bonchev–Trinajstić information content (AvgIpc) is 2.29. The lowest BCUT2D eigenvalue weighted by atomic mass is 9.92. The van der Waals surface area contributed by atoms with E-state index in [9.17, 15) is 4.79 Å². The Morgan fingerprint density at radius 1 is 1.67 bits per heavy atom. The number of carbonyl (C=O) groups is 1. The molecule has 1 N–H and O–H groups in total. The summed E-state index contributed by atoms with van der Waals surface area (Å²) in [6, 6.07) is 4.19. The van der Waals surface area contributed by atoms with E-state index in [1.54, 1.807) is 6.20 Å². The predicted molar refractivity (Wildman–Crippen MR) is 58.3 cm³/mol. The second kappa shape index (κ2) is 4.43. The van der Waals surface area contributed by atoms with E-state index in [0.717, 1.165) is 25.0 Å². The van der Waals surface area contributed by atoms with Crippen molar-refractivity contribution in [1.29, 1.82) is 0 Å². The second-order valence-corrected chi connectivity index (χ2v) is 3.91. The molecule has 0 radical (unpaired) electrons. The number of carbonyl (C=O) groups excluding carboxylic acids is 1. The third-order valence-corrected chi connectivity index (χ3v) is 2.85. The average molecular weight is 204 g/mol. The van der Waals surface area contributed by atoms with Crippen LogP contribution in [0.3, 0.4) is 0 Å². The zero-order chi connectivity index (χ0) is 10.7. The van der Waals surface area contributed by atoms with E-state index >= 15 is 0 Å². The van der Waals surface area contributed by atoms with E-state index in [0.29, 0.717) is 6.42 Å². The minimum Gasteiger partial charge on any atom is -0.348 e. The monoisotopic (exact) mass is 204 g/mol. The molecule has 0 spiro atoms. The smallest absolute Gasteiger partial charge is 0.220 e. The fraction of sp³-hybridized carbons (Fsp3) is 0.500. The molecule has 0 aromatic carbocycles. The summed E-state index contributed by atoms with van der Waals surface area (Å²) in [7, 11) is 0. The number of hydrogen-bond acceptors (Lipinski definition) is 2. The van der Waals surface area contributed by atoms with Crippen molar-refractivity contribution >= 4 is 5.91 Å². The molecule has 1 heterocycles. The van der Waals surface area contributed by atoms with E-state index in [1.807, 2.05) is 13.0 Å². The van der Waals surface area contributed by atoms with Gasteiger partial charge in [0.25, 0.3) is 0 Å². The maximum atomic E-state index is 11.4. The predicted octanol–water partition coefficient (Wildman–Crippen LogP) is 1.99. The van der Waals surface area contributed by atoms with E-state index in [-0.39, 0.29) is 11.9 Å². The van der Waals surface area contributed by atoms with Gasteiger partial charge in [0.05, 0.1) is 11.7 Å². The van der Waals surface area contributed by atoms with Crippen LogP contribution in [0.4, 0.5) is 0 Å². The molecule has 1 atom stereocenters. The van der Waals surface area contributed by atoms with Crippen LogP contribution in [0.15, 0.2) is 18.3 Å². The van der Waals surface area contributed by atoms with Crippen molar-refractivity contribution in [3.63, 3.8) is 0 Å². The first kappa shape index (κ1) is 10.1. The zero-order valence-corrected chi connectivity index (χ0v) is 8.99. The van der Waals surface area contributed by atoms with Gasteiger partial charge in [0.1, 0.15) is 0 Å². The molecule has 0 unspecified atom stereocenters. The summed E-state index contributed by atoms with van der Waals surface area (Å²) in [5.41, 5.74) is 2.34. The molecule has 1 amide bonds. The summed E-state index contributed by atoms with van der Waals surface area (Å²) in [5.74, 6) is 0.110. The highest BCUT2D eigenvalue weighted by atomic mass is 16.1. The molecule has 15 heavy (non-hydrogen) atoms. The molecule has 3 nitrogen and oxygen atoms in total. The van der Waals surface area contributed by atoms with Crippen molar-refractivity contribution in [2.75, 3.05) is 0 Å². The topological polar surface area (TPSA) is 42.0 Å². The highest BCUT2D eigenvalue weighted by molar-refractivity contribution is 5.76. The van der Waals surface area contributed by atoms with Gasteiger partial charge in [-0.25, -0.2) is 0 Å². The minimum absolute atomic E-state index is 0.110. The summed E-state index contributed by atoms with van der Waals surface area (Å²) in [6.07, 6.45) is 5.57. The molecule has 3 heteroatoms. The van der Waals surface area contributed by atoms with Crippen LogP contribution in [0.2, 0.25) is 0 Å². The first-order chi connectivity index (χ1) is 7.31. The number of hydrogen-bond donors (Lipinski definition) is 1. The summed E-state index contributed by atoms with van der Waals surface area (Å²) in [5, 5.41) is 3.02. The lowest BCUT2D eigenvalue weighted by molar-refractivity contribution is -0.121. The molecule has 1 aliphatic carbocycles. The lowest BCUT2D eigenvalue weighted by Crippen LogP contribution is -2.31. The number of aryl methyl sites for hydroxylation is 1. The third kappa shape index (κ3) is 2.17. The Bertz CT molecular complexity index is 362. The van der Waals surface area contributed by atoms with Crippen LogP contribution in [0.25, 0.3) is 0 Å².